The second kappa shape index (κ2) is 8.55. The minimum Gasteiger partial charge on any atom is -0.494 e. The molecule has 20 heavy (non-hydrogen) atoms. The van der Waals surface area contributed by atoms with Gasteiger partial charge in [-0.1, -0.05) is 26.0 Å². The Morgan fingerprint density at radius 3 is 2.55 bits per heavy atom. The van der Waals surface area contributed by atoms with Crippen molar-refractivity contribution in [1.29, 1.82) is 0 Å². The van der Waals surface area contributed by atoms with E-state index in [1.807, 2.05) is 25.1 Å². The molecule has 1 amide bonds. The van der Waals surface area contributed by atoms with Gasteiger partial charge >= 0.3 is 0 Å². The molecule has 112 valence electrons. The lowest BCUT2D eigenvalue weighted by molar-refractivity contribution is -0.120. The normalized spacial score (nSPS) is 10.7. The second-order valence-electron chi connectivity index (χ2n) is 4.58. The maximum absolute atomic E-state index is 11.4. The molecule has 1 aromatic rings. The van der Waals surface area contributed by atoms with Crippen LogP contribution in [-0.4, -0.2) is 30.5 Å². The number of ether oxygens (including phenoxy) is 1. The number of hydrazine groups is 1. The van der Waals surface area contributed by atoms with E-state index in [2.05, 4.69) is 24.2 Å². The summed E-state index contributed by atoms with van der Waals surface area (Å²) in [5.41, 5.74) is 4.21. The maximum atomic E-state index is 11.4. The first kappa shape index (κ1) is 16.5. The predicted molar refractivity (Wildman–Crippen MR) is 80.3 cm³/mol. The zero-order chi connectivity index (χ0) is 15.0. The molecule has 0 unspecified atom stereocenters. The highest BCUT2D eigenvalue weighted by atomic mass is 16.5. The van der Waals surface area contributed by atoms with E-state index in [4.69, 9.17) is 10.6 Å². The van der Waals surface area contributed by atoms with Crippen LogP contribution in [0.15, 0.2) is 18.2 Å². The number of nitrogens with two attached hydrogens (primary N) is 1. The number of nitrogens with one attached hydrogen (secondary N) is 1. The monoisotopic (exact) mass is 279 g/mol. The molecular weight excluding hydrogens is 254 g/mol. The number of benzene rings is 1. The molecule has 0 aliphatic carbocycles. The molecule has 0 heterocycles. The van der Waals surface area contributed by atoms with Crippen LogP contribution in [0.5, 0.6) is 5.75 Å². The van der Waals surface area contributed by atoms with Gasteiger partial charge in [0, 0.05) is 12.1 Å². The standard InChI is InChI=1S/C15H25N3O2/c1-4-18(5-2)11-13-9-12(10-15(19)17-16)7-8-14(13)20-6-3/h7-9H,4-6,10-11,16H2,1-3H3,(H,17,19). The van der Waals surface area contributed by atoms with Crippen molar-refractivity contribution in [3.8, 4) is 5.75 Å². The molecule has 5 nitrogen and oxygen atoms in total. The van der Waals surface area contributed by atoms with Gasteiger partial charge in [-0.3, -0.25) is 15.1 Å². The molecule has 0 bridgehead atoms. The Balaban J connectivity index is 2.95. The first-order valence-corrected chi connectivity index (χ1v) is 7.10. The van der Waals surface area contributed by atoms with Gasteiger partial charge in [0.25, 0.3) is 0 Å². The van der Waals surface area contributed by atoms with E-state index in [0.29, 0.717) is 6.61 Å². The van der Waals surface area contributed by atoms with Crippen LogP contribution >= 0.6 is 0 Å². The summed E-state index contributed by atoms with van der Waals surface area (Å²) in [7, 11) is 0. The van der Waals surface area contributed by atoms with Crippen molar-refractivity contribution >= 4 is 5.91 Å². The highest BCUT2D eigenvalue weighted by Crippen LogP contribution is 2.22. The zero-order valence-corrected chi connectivity index (χ0v) is 12.6. The highest BCUT2D eigenvalue weighted by Gasteiger charge is 2.10. The summed E-state index contributed by atoms with van der Waals surface area (Å²) in [6, 6.07) is 5.87. The largest absolute Gasteiger partial charge is 0.494 e. The van der Waals surface area contributed by atoms with E-state index in [0.717, 1.165) is 36.5 Å². The minimum atomic E-state index is -0.192. The topological polar surface area (TPSA) is 67.6 Å². The van der Waals surface area contributed by atoms with Crippen molar-refractivity contribution in [2.75, 3.05) is 19.7 Å². The van der Waals surface area contributed by atoms with E-state index in [1.54, 1.807) is 0 Å². The molecule has 0 saturated heterocycles. The maximum Gasteiger partial charge on any atom is 0.238 e. The van der Waals surface area contributed by atoms with Gasteiger partial charge in [0.2, 0.25) is 5.91 Å². The van der Waals surface area contributed by atoms with Crippen molar-refractivity contribution < 1.29 is 9.53 Å². The average molecular weight is 279 g/mol. The van der Waals surface area contributed by atoms with E-state index >= 15 is 0 Å². The van der Waals surface area contributed by atoms with Crippen molar-refractivity contribution in [2.24, 2.45) is 5.84 Å². The van der Waals surface area contributed by atoms with Crippen LogP contribution in [0.4, 0.5) is 0 Å². The van der Waals surface area contributed by atoms with Crippen LogP contribution < -0.4 is 16.0 Å². The fourth-order valence-electron chi connectivity index (χ4n) is 2.09. The molecule has 0 aliphatic rings. The van der Waals surface area contributed by atoms with Gasteiger partial charge < -0.3 is 4.74 Å². The summed E-state index contributed by atoms with van der Waals surface area (Å²) in [5, 5.41) is 0. The molecule has 0 aromatic heterocycles. The fourth-order valence-corrected chi connectivity index (χ4v) is 2.09. The van der Waals surface area contributed by atoms with Crippen LogP contribution in [0.25, 0.3) is 0 Å². The number of rotatable bonds is 8. The molecule has 0 aliphatic heterocycles. The van der Waals surface area contributed by atoms with E-state index in [1.165, 1.54) is 0 Å². The van der Waals surface area contributed by atoms with Crippen LogP contribution in [0.1, 0.15) is 31.9 Å². The summed E-state index contributed by atoms with van der Waals surface area (Å²) in [5.74, 6) is 5.82. The Morgan fingerprint density at radius 1 is 1.30 bits per heavy atom. The molecule has 3 N–H and O–H groups in total. The Hall–Kier alpha value is -1.59. The number of nitrogens with zero attached hydrogens (tertiary/aromatic N) is 1. The van der Waals surface area contributed by atoms with Crippen molar-refractivity contribution in [3.05, 3.63) is 29.3 Å². The summed E-state index contributed by atoms with van der Waals surface area (Å²) in [6.45, 7) is 9.65. The van der Waals surface area contributed by atoms with Gasteiger partial charge in [-0.15, -0.1) is 0 Å². The van der Waals surface area contributed by atoms with Gasteiger partial charge in [-0.05, 0) is 31.6 Å². The van der Waals surface area contributed by atoms with E-state index in [-0.39, 0.29) is 12.3 Å². The van der Waals surface area contributed by atoms with Gasteiger partial charge in [-0.2, -0.15) is 0 Å². The molecule has 1 rings (SSSR count). The lowest BCUT2D eigenvalue weighted by Crippen LogP contribution is -2.31. The van der Waals surface area contributed by atoms with E-state index < -0.39 is 0 Å². The lowest BCUT2D eigenvalue weighted by Gasteiger charge is -2.20. The van der Waals surface area contributed by atoms with Crippen LogP contribution in [0, 0.1) is 0 Å². The number of carbonyl (C=O) groups is 1. The molecule has 0 saturated carbocycles. The lowest BCUT2D eigenvalue weighted by atomic mass is 10.1. The summed E-state index contributed by atoms with van der Waals surface area (Å²) in [6.07, 6.45) is 0.286. The number of hydrogen-bond donors (Lipinski definition) is 2. The van der Waals surface area contributed by atoms with Crippen LogP contribution in [0.2, 0.25) is 0 Å². The van der Waals surface area contributed by atoms with Crippen LogP contribution in [-0.2, 0) is 17.8 Å². The third kappa shape index (κ3) is 4.83. The smallest absolute Gasteiger partial charge is 0.238 e. The van der Waals surface area contributed by atoms with Gasteiger partial charge in [-0.25, -0.2) is 5.84 Å². The quantitative estimate of drug-likeness (QED) is 0.429. The van der Waals surface area contributed by atoms with Crippen molar-refractivity contribution in [2.45, 2.75) is 33.7 Å². The third-order valence-electron chi connectivity index (χ3n) is 3.24. The van der Waals surface area contributed by atoms with Crippen molar-refractivity contribution in [3.63, 3.8) is 0 Å². The first-order chi connectivity index (χ1) is 9.64. The fraction of sp³-hybridized carbons (Fsp3) is 0.533. The summed E-state index contributed by atoms with van der Waals surface area (Å²) in [4.78, 5) is 13.7. The Bertz CT molecular complexity index is 431. The Morgan fingerprint density at radius 2 is 2.00 bits per heavy atom. The molecule has 0 atom stereocenters. The Kier molecular flexibility index (Phi) is 7.04. The minimum absolute atomic E-state index is 0.192. The van der Waals surface area contributed by atoms with Crippen molar-refractivity contribution in [1.82, 2.24) is 10.3 Å². The van der Waals surface area contributed by atoms with Gasteiger partial charge in [0.05, 0.1) is 13.0 Å². The van der Waals surface area contributed by atoms with Crippen LogP contribution in [0.3, 0.4) is 0 Å². The van der Waals surface area contributed by atoms with Gasteiger partial charge in [0.15, 0.2) is 0 Å². The molecular formula is C15H25N3O2. The molecule has 5 heteroatoms. The molecule has 0 spiro atoms. The predicted octanol–water partition coefficient (Wildman–Crippen LogP) is 1.46. The summed E-state index contributed by atoms with van der Waals surface area (Å²) < 4.78 is 5.66. The third-order valence-corrected chi connectivity index (χ3v) is 3.24. The number of carbonyl (C=O) groups excluding carboxylic acids is 1. The highest BCUT2D eigenvalue weighted by molar-refractivity contribution is 5.78. The number of hydrogen-bond acceptors (Lipinski definition) is 4. The second-order valence-corrected chi connectivity index (χ2v) is 4.58. The first-order valence-electron chi connectivity index (χ1n) is 7.10. The average Bonchev–Trinajstić information content (AvgIpc) is 2.47. The molecule has 0 radical (unpaired) electrons. The summed E-state index contributed by atoms with van der Waals surface area (Å²) >= 11 is 0. The number of amides is 1. The molecule has 1 aromatic carbocycles. The van der Waals surface area contributed by atoms with E-state index in [9.17, 15) is 4.79 Å². The Labute approximate surface area is 121 Å². The van der Waals surface area contributed by atoms with Gasteiger partial charge in [0.1, 0.15) is 5.75 Å². The SMILES string of the molecule is CCOc1ccc(CC(=O)NN)cc1CN(CC)CC. The molecule has 0 fully saturated rings. The zero-order valence-electron chi connectivity index (χ0n) is 12.6.